The first-order valence-corrected chi connectivity index (χ1v) is 6.07. The largest absolute Gasteiger partial charge is 0.435 e. The summed E-state index contributed by atoms with van der Waals surface area (Å²) in [4.78, 5) is 12.2. The molecular formula is C13H8F4N4O. The molecule has 0 atom stereocenters. The lowest BCUT2D eigenvalue weighted by Crippen LogP contribution is -2.22. The molecule has 0 unspecified atom stereocenters. The summed E-state index contributed by atoms with van der Waals surface area (Å²) in [5, 5.41) is 6.53. The minimum atomic E-state index is -4.61. The van der Waals surface area contributed by atoms with E-state index in [4.69, 9.17) is 0 Å². The van der Waals surface area contributed by atoms with Crippen molar-refractivity contribution in [2.45, 2.75) is 6.18 Å². The number of benzene rings is 1. The number of aryl methyl sites for hydroxylation is 1. The van der Waals surface area contributed by atoms with Crippen LogP contribution in [0.3, 0.4) is 0 Å². The lowest BCUT2D eigenvalue weighted by atomic mass is 10.3. The van der Waals surface area contributed by atoms with Crippen molar-refractivity contribution in [1.82, 2.24) is 19.3 Å². The van der Waals surface area contributed by atoms with Crippen LogP contribution in [0.15, 0.2) is 35.1 Å². The fraction of sp³-hybridized carbons (Fsp3) is 0.154. The molecule has 0 fully saturated rings. The average Bonchev–Trinajstić information content (AvgIpc) is 2.70. The van der Waals surface area contributed by atoms with Crippen molar-refractivity contribution in [3.05, 3.63) is 52.3 Å². The van der Waals surface area contributed by atoms with E-state index < -0.39 is 23.4 Å². The van der Waals surface area contributed by atoms with Gasteiger partial charge >= 0.3 is 11.9 Å². The summed E-state index contributed by atoms with van der Waals surface area (Å²) in [6.45, 7) is 0. The van der Waals surface area contributed by atoms with Gasteiger partial charge in [-0.25, -0.2) is 13.8 Å². The molecule has 1 aromatic carbocycles. The van der Waals surface area contributed by atoms with Gasteiger partial charge < -0.3 is 0 Å². The molecule has 2 aromatic heterocycles. The van der Waals surface area contributed by atoms with Crippen LogP contribution < -0.4 is 5.69 Å². The molecule has 5 nitrogen and oxygen atoms in total. The van der Waals surface area contributed by atoms with Gasteiger partial charge in [0.15, 0.2) is 11.5 Å². The third-order valence-electron chi connectivity index (χ3n) is 3.19. The number of hydrogen-bond acceptors (Lipinski definition) is 3. The lowest BCUT2D eigenvalue weighted by Gasteiger charge is -2.06. The van der Waals surface area contributed by atoms with Crippen LogP contribution in [0.4, 0.5) is 17.6 Å². The SMILES string of the molecule is Cn1c(=O)n(-c2ccc(C(F)(F)F)nn2)c2ccc(F)cc21. The number of alkyl halides is 3. The van der Waals surface area contributed by atoms with Gasteiger partial charge in [0.05, 0.1) is 11.0 Å². The van der Waals surface area contributed by atoms with Gasteiger partial charge in [-0.05, 0) is 30.3 Å². The fourth-order valence-electron chi connectivity index (χ4n) is 2.13. The highest BCUT2D eigenvalue weighted by Crippen LogP contribution is 2.27. The number of nitrogens with zero attached hydrogens (tertiary/aromatic N) is 4. The molecule has 9 heteroatoms. The standard InChI is InChI=1S/C13H8F4N4O/c1-20-9-6-7(14)2-3-8(9)21(12(20)22)11-5-4-10(18-19-11)13(15,16)17/h2-6H,1H3. The quantitative estimate of drug-likeness (QED) is 0.648. The fourth-order valence-corrected chi connectivity index (χ4v) is 2.13. The van der Waals surface area contributed by atoms with Gasteiger partial charge in [-0.3, -0.25) is 4.57 Å². The monoisotopic (exact) mass is 312 g/mol. The minimum absolute atomic E-state index is 0.0739. The Labute approximate surface area is 120 Å². The summed E-state index contributed by atoms with van der Waals surface area (Å²) in [5.74, 6) is -0.603. The number of aromatic nitrogens is 4. The van der Waals surface area contributed by atoms with Gasteiger partial charge in [0, 0.05) is 7.05 Å². The van der Waals surface area contributed by atoms with Gasteiger partial charge in [-0.2, -0.15) is 13.2 Å². The highest BCUT2D eigenvalue weighted by atomic mass is 19.4. The van der Waals surface area contributed by atoms with E-state index in [1.165, 1.54) is 17.7 Å². The Morgan fingerprint density at radius 2 is 1.77 bits per heavy atom. The van der Waals surface area contributed by atoms with E-state index in [-0.39, 0.29) is 5.82 Å². The first-order valence-electron chi connectivity index (χ1n) is 6.07. The second-order valence-electron chi connectivity index (χ2n) is 4.58. The van der Waals surface area contributed by atoms with Gasteiger partial charge in [-0.15, -0.1) is 10.2 Å². The van der Waals surface area contributed by atoms with Crippen LogP contribution >= 0.6 is 0 Å². The van der Waals surface area contributed by atoms with E-state index in [1.54, 1.807) is 0 Å². The number of halogens is 4. The zero-order valence-corrected chi connectivity index (χ0v) is 11.1. The molecule has 0 spiro atoms. The van der Waals surface area contributed by atoms with Crippen LogP contribution in [0.1, 0.15) is 5.69 Å². The van der Waals surface area contributed by atoms with E-state index in [2.05, 4.69) is 10.2 Å². The van der Waals surface area contributed by atoms with E-state index >= 15 is 0 Å². The summed E-state index contributed by atoms with van der Waals surface area (Å²) in [7, 11) is 1.43. The Balaban J connectivity index is 2.23. The molecule has 0 aliphatic heterocycles. The van der Waals surface area contributed by atoms with Crippen molar-refractivity contribution in [1.29, 1.82) is 0 Å². The molecule has 0 aliphatic rings. The number of fused-ring (bicyclic) bond motifs is 1. The molecule has 0 N–H and O–H groups in total. The molecule has 0 amide bonds. The van der Waals surface area contributed by atoms with Crippen molar-refractivity contribution in [3.8, 4) is 5.82 Å². The van der Waals surface area contributed by atoms with Gasteiger partial charge in [0.25, 0.3) is 0 Å². The molecule has 3 aromatic rings. The van der Waals surface area contributed by atoms with E-state index in [0.29, 0.717) is 11.0 Å². The first kappa shape index (κ1) is 14.2. The molecular weight excluding hydrogens is 304 g/mol. The van der Waals surface area contributed by atoms with E-state index in [0.717, 1.165) is 28.8 Å². The molecule has 0 bridgehead atoms. The summed E-state index contributed by atoms with van der Waals surface area (Å²) in [6.07, 6.45) is -4.61. The molecule has 114 valence electrons. The smallest absolute Gasteiger partial charge is 0.295 e. The molecule has 0 aliphatic carbocycles. The van der Waals surface area contributed by atoms with Crippen molar-refractivity contribution >= 4 is 11.0 Å². The number of hydrogen-bond donors (Lipinski definition) is 0. The van der Waals surface area contributed by atoms with Crippen molar-refractivity contribution in [2.24, 2.45) is 7.05 Å². The Bertz CT molecular complexity index is 909. The Morgan fingerprint density at radius 3 is 2.36 bits per heavy atom. The average molecular weight is 312 g/mol. The highest BCUT2D eigenvalue weighted by molar-refractivity contribution is 5.77. The minimum Gasteiger partial charge on any atom is -0.295 e. The third-order valence-corrected chi connectivity index (χ3v) is 3.19. The van der Waals surface area contributed by atoms with E-state index in [1.807, 2.05) is 0 Å². The maximum absolute atomic E-state index is 13.3. The van der Waals surface area contributed by atoms with Crippen molar-refractivity contribution in [3.63, 3.8) is 0 Å². The predicted octanol–water partition coefficient (Wildman–Crippen LogP) is 2.28. The number of rotatable bonds is 1. The zero-order chi connectivity index (χ0) is 16.1. The van der Waals surface area contributed by atoms with Crippen LogP contribution in [-0.4, -0.2) is 19.3 Å². The van der Waals surface area contributed by atoms with Crippen molar-refractivity contribution < 1.29 is 17.6 Å². The predicted molar refractivity (Wildman–Crippen MR) is 69.1 cm³/mol. The van der Waals surface area contributed by atoms with Crippen molar-refractivity contribution in [2.75, 3.05) is 0 Å². The molecule has 22 heavy (non-hydrogen) atoms. The van der Waals surface area contributed by atoms with Gasteiger partial charge in [-0.1, -0.05) is 0 Å². The topological polar surface area (TPSA) is 52.7 Å². The number of imidazole rings is 1. The Kier molecular flexibility index (Phi) is 3.01. The van der Waals surface area contributed by atoms with Crippen LogP contribution in [0.25, 0.3) is 16.9 Å². The van der Waals surface area contributed by atoms with Crippen LogP contribution in [0, 0.1) is 5.82 Å². The van der Waals surface area contributed by atoms with Crippen LogP contribution in [0.2, 0.25) is 0 Å². The first-order chi connectivity index (χ1) is 10.3. The summed E-state index contributed by atoms with van der Waals surface area (Å²) >= 11 is 0. The van der Waals surface area contributed by atoms with E-state index in [9.17, 15) is 22.4 Å². The Hall–Kier alpha value is -2.71. The molecule has 0 saturated heterocycles. The summed E-state index contributed by atoms with van der Waals surface area (Å²) in [6, 6.07) is 5.43. The second-order valence-corrected chi connectivity index (χ2v) is 4.58. The maximum Gasteiger partial charge on any atom is 0.435 e. The van der Waals surface area contributed by atoms with Crippen LogP contribution in [0.5, 0.6) is 0 Å². The van der Waals surface area contributed by atoms with Crippen LogP contribution in [-0.2, 0) is 13.2 Å². The third kappa shape index (κ3) is 2.14. The molecule has 3 rings (SSSR count). The molecule has 0 radical (unpaired) electrons. The second kappa shape index (κ2) is 4.65. The molecule has 2 heterocycles. The normalized spacial score (nSPS) is 12.0. The lowest BCUT2D eigenvalue weighted by molar-refractivity contribution is -0.141. The molecule has 0 saturated carbocycles. The van der Waals surface area contributed by atoms with Gasteiger partial charge in [0.2, 0.25) is 0 Å². The zero-order valence-electron chi connectivity index (χ0n) is 11.1. The summed E-state index contributed by atoms with van der Waals surface area (Å²) in [5.41, 5.74) is -1.10. The maximum atomic E-state index is 13.3. The Morgan fingerprint density at radius 1 is 1.05 bits per heavy atom. The highest BCUT2D eigenvalue weighted by Gasteiger charge is 2.33. The van der Waals surface area contributed by atoms with Gasteiger partial charge in [0.1, 0.15) is 5.82 Å². The summed E-state index contributed by atoms with van der Waals surface area (Å²) < 4.78 is 53.0.